The summed E-state index contributed by atoms with van der Waals surface area (Å²) < 4.78 is 25.5. The summed E-state index contributed by atoms with van der Waals surface area (Å²) in [6.07, 6.45) is 7.46. The van der Waals surface area contributed by atoms with Gasteiger partial charge in [-0.25, -0.2) is 0 Å². The lowest BCUT2D eigenvalue weighted by molar-refractivity contribution is 0.148. The Hall–Kier alpha value is -2.04. The average molecular weight is 649 g/mol. The lowest BCUT2D eigenvalue weighted by atomic mass is 9.73. The Morgan fingerprint density at radius 3 is 0.979 bits per heavy atom. The van der Waals surface area contributed by atoms with E-state index in [4.69, 9.17) is 18.9 Å². The fraction of sp³-hybridized carbons (Fsp3) is 0.721. The van der Waals surface area contributed by atoms with Crippen molar-refractivity contribution >= 4 is 0 Å². The van der Waals surface area contributed by atoms with Gasteiger partial charge in [0.25, 0.3) is 0 Å². The van der Waals surface area contributed by atoms with Crippen LogP contribution < -0.4 is 9.47 Å². The van der Waals surface area contributed by atoms with Gasteiger partial charge in [-0.3, -0.25) is 0 Å². The minimum Gasteiger partial charge on any atom is -0.487 e. The second kappa shape index (κ2) is 14.4. The van der Waals surface area contributed by atoms with Crippen molar-refractivity contribution in [1.82, 2.24) is 0 Å². The van der Waals surface area contributed by atoms with Gasteiger partial charge in [-0.15, -0.1) is 0 Å². The highest BCUT2D eigenvalue weighted by molar-refractivity contribution is 5.55. The second-order valence-electron chi connectivity index (χ2n) is 17.0. The molecule has 2 aliphatic rings. The first kappa shape index (κ1) is 37.8. The van der Waals surface area contributed by atoms with E-state index >= 15 is 0 Å². The van der Waals surface area contributed by atoms with Gasteiger partial charge in [-0.2, -0.15) is 0 Å². The Balaban J connectivity index is 1.93. The molecule has 2 aromatic rings. The average Bonchev–Trinajstić information content (AvgIpc) is 3.97. The largest absolute Gasteiger partial charge is 0.487 e. The van der Waals surface area contributed by atoms with Gasteiger partial charge in [0.15, 0.2) is 0 Å². The molecule has 2 saturated heterocycles. The summed E-state index contributed by atoms with van der Waals surface area (Å²) in [6, 6.07) is 9.86. The molecule has 4 nitrogen and oxygen atoms in total. The van der Waals surface area contributed by atoms with Crippen LogP contribution in [0, 0.1) is 0 Å². The van der Waals surface area contributed by atoms with E-state index in [1.165, 1.54) is 33.4 Å². The second-order valence-corrected chi connectivity index (χ2v) is 17.0. The molecule has 4 rings (SSSR count). The van der Waals surface area contributed by atoms with Gasteiger partial charge >= 0.3 is 0 Å². The highest BCUT2D eigenvalue weighted by Gasteiger charge is 2.39. The zero-order valence-electron chi connectivity index (χ0n) is 32.6. The summed E-state index contributed by atoms with van der Waals surface area (Å²) >= 11 is 0. The minimum atomic E-state index is -0.0327. The highest BCUT2D eigenvalue weighted by Crippen LogP contribution is 2.47. The molecule has 264 valence electrons. The Labute approximate surface area is 288 Å². The summed E-state index contributed by atoms with van der Waals surface area (Å²) in [5.41, 5.74) is 7.88. The predicted molar refractivity (Wildman–Crippen MR) is 198 cm³/mol. The van der Waals surface area contributed by atoms with Gasteiger partial charge in [-0.05, 0) is 77.7 Å². The van der Waals surface area contributed by atoms with Gasteiger partial charge in [0.2, 0.25) is 0 Å². The zero-order valence-corrected chi connectivity index (χ0v) is 32.6. The van der Waals surface area contributed by atoms with Crippen molar-refractivity contribution in [3.63, 3.8) is 0 Å². The first-order valence-electron chi connectivity index (χ1n) is 18.9. The molecule has 2 aromatic carbocycles. The first-order chi connectivity index (χ1) is 22.0. The van der Waals surface area contributed by atoms with E-state index in [-0.39, 0.29) is 46.1 Å². The molecule has 0 spiro atoms. The van der Waals surface area contributed by atoms with Crippen LogP contribution >= 0.6 is 0 Å². The molecule has 0 bridgehead atoms. The molecule has 4 unspecified atom stereocenters. The molecular weight excluding hydrogens is 580 g/mol. The molecule has 4 atom stereocenters. The minimum absolute atomic E-state index is 0.0327. The van der Waals surface area contributed by atoms with Crippen LogP contribution in [0.4, 0.5) is 0 Å². The Morgan fingerprint density at radius 1 is 0.532 bits per heavy atom. The smallest absolute Gasteiger partial charge is 0.127 e. The van der Waals surface area contributed by atoms with Crippen LogP contribution in [0.15, 0.2) is 24.3 Å². The van der Waals surface area contributed by atoms with Crippen molar-refractivity contribution < 1.29 is 18.9 Å². The topological polar surface area (TPSA) is 43.5 Å². The first-order valence-corrected chi connectivity index (χ1v) is 18.9. The zero-order chi connectivity index (χ0) is 34.9. The van der Waals surface area contributed by atoms with E-state index in [1.807, 2.05) is 0 Å². The van der Waals surface area contributed by atoms with E-state index in [0.29, 0.717) is 0 Å². The normalized spacial score (nSPS) is 19.8. The summed E-state index contributed by atoms with van der Waals surface area (Å²) in [5, 5.41) is 0. The third kappa shape index (κ3) is 8.41. The molecule has 0 aromatic heterocycles. The van der Waals surface area contributed by atoms with E-state index in [9.17, 15) is 0 Å². The standard InChI is InChI=1S/C43H68O4/c1-15-34(36-26-44-36)46-38-30(40(7,8)17-3)22-28(23-31(38)41(9,10)18-4)21-29-24-32(42(11,12)19-5)39(33(25-29)43(13,14)20-6)47-35(16-2)37-27-45-37/h22-25,34-37H,15-21,26-27H2,1-14H3. The van der Waals surface area contributed by atoms with Crippen LogP contribution in [-0.4, -0.2) is 37.6 Å². The number of ether oxygens (including phenoxy) is 4. The van der Waals surface area contributed by atoms with Gasteiger partial charge in [-0.1, -0.05) is 121 Å². The SMILES string of the molecule is CCC(Oc1c(C(C)(C)CC)cc(Cc2cc(C(C)(C)CC)c(OC(CC)C3CO3)c(C(C)(C)CC)c2)cc1C(C)(C)CC)C1CO1. The fourth-order valence-electron chi connectivity index (χ4n) is 6.53. The van der Waals surface area contributed by atoms with Crippen LogP contribution in [0.5, 0.6) is 11.5 Å². The lowest BCUT2D eigenvalue weighted by Crippen LogP contribution is -2.29. The van der Waals surface area contributed by atoms with E-state index in [2.05, 4.69) is 121 Å². The molecule has 0 radical (unpaired) electrons. The van der Waals surface area contributed by atoms with Crippen LogP contribution in [0.25, 0.3) is 0 Å². The summed E-state index contributed by atoms with van der Waals surface area (Å²) in [5.74, 6) is 2.18. The molecule has 47 heavy (non-hydrogen) atoms. The van der Waals surface area contributed by atoms with Crippen LogP contribution in [-0.2, 0) is 37.6 Å². The number of hydrogen-bond acceptors (Lipinski definition) is 4. The van der Waals surface area contributed by atoms with Gasteiger partial charge in [0.1, 0.15) is 35.9 Å². The van der Waals surface area contributed by atoms with E-state index < -0.39 is 0 Å². The van der Waals surface area contributed by atoms with Crippen molar-refractivity contribution in [2.24, 2.45) is 0 Å². The molecule has 0 amide bonds. The Bertz CT molecular complexity index is 1180. The van der Waals surface area contributed by atoms with Crippen molar-refractivity contribution in [3.05, 3.63) is 57.6 Å². The molecule has 2 fully saturated rings. The van der Waals surface area contributed by atoms with Crippen LogP contribution in [0.2, 0.25) is 0 Å². The Morgan fingerprint density at radius 2 is 0.787 bits per heavy atom. The maximum Gasteiger partial charge on any atom is 0.127 e. The van der Waals surface area contributed by atoms with Crippen molar-refractivity contribution in [3.8, 4) is 11.5 Å². The van der Waals surface area contributed by atoms with Crippen LogP contribution in [0.3, 0.4) is 0 Å². The van der Waals surface area contributed by atoms with Crippen molar-refractivity contribution in [2.45, 2.75) is 188 Å². The maximum absolute atomic E-state index is 7.02. The lowest BCUT2D eigenvalue weighted by Gasteiger charge is -2.35. The van der Waals surface area contributed by atoms with Crippen LogP contribution in [0.1, 0.15) is 169 Å². The van der Waals surface area contributed by atoms with Crippen molar-refractivity contribution in [1.29, 1.82) is 0 Å². The molecular formula is C43H68O4. The molecule has 2 aliphatic heterocycles. The maximum atomic E-state index is 7.02. The summed E-state index contributed by atoms with van der Waals surface area (Å²) in [7, 11) is 0. The quantitative estimate of drug-likeness (QED) is 0.151. The summed E-state index contributed by atoms with van der Waals surface area (Å²) in [4.78, 5) is 0. The van der Waals surface area contributed by atoms with Gasteiger partial charge < -0.3 is 18.9 Å². The number of rotatable bonds is 18. The van der Waals surface area contributed by atoms with Crippen molar-refractivity contribution in [2.75, 3.05) is 13.2 Å². The molecule has 4 heteroatoms. The Kier molecular flexibility index (Phi) is 11.6. The summed E-state index contributed by atoms with van der Waals surface area (Å²) in [6.45, 7) is 34.2. The third-order valence-corrected chi connectivity index (χ3v) is 12.0. The monoisotopic (exact) mass is 649 g/mol. The third-order valence-electron chi connectivity index (χ3n) is 12.0. The number of benzene rings is 2. The fourth-order valence-corrected chi connectivity index (χ4v) is 6.53. The van der Waals surface area contributed by atoms with Gasteiger partial charge in [0.05, 0.1) is 13.2 Å². The highest BCUT2D eigenvalue weighted by atomic mass is 16.6. The number of hydrogen-bond donors (Lipinski definition) is 0. The van der Waals surface area contributed by atoms with E-state index in [1.54, 1.807) is 0 Å². The molecule has 2 heterocycles. The predicted octanol–water partition coefficient (Wildman–Crippen LogP) is 11.1. The van der Waals surface area contributed by atoms with Gasteiger partial charge in [0, 0.05) is 22.3 Å². The molecule has 0 saturated carbocycles. The molecule has 0 aliphatic carbocycles. The van der Waals surface area contributed by atoms with E-state index in [0.717, 1.165) is 69.7 Å². The molecule has 0 N–H and O–H groups in total. The number of epoxide rings is 2.